The van der Waals surface area contributed by atoms with E-state index in [0.29, 0.717) is 6.42 Å². The minimum absolute atomic E-state index is 0.0626. The van der Waals surface area contributed by atoms with Gasteiger partial charge in [0.25, 0.3) is 0 Å². The summed E-state index contributed by atoms with van der Waals surface area (Å²) in [4.78, 5) is 31.8. The van der Waals surface area contributed by atoms with Crippen LogP contribution in [0, 0.1) is 17.8 Å². The molecule has 0 aliphatic carbocycles. The van der Waals surface area contributed by atoms with Gasteiger partial charge >= 0.3 is 5.97 Å². The van der Waals surface area contributed by atoms with Crippen molar-refractivity contribution in [2.24, 2.45) is 22.9 Å². The van der Waals surface area contributed by atoms with E-state index in [2.05, 4.69) is 10.0 Å². The summed E-state index contributed by atoms with van der Waals surface area (Å²) in [6, 6.07) is -0.261. The minimum atomic E-state index is -1.77. The van der Waals surface area contributed by atoms with Gasteiger partial charge in [-0.3, -0.25) is 9.59 Å². The second kappa shape index (κ2) is 15.3. The first kappa shape index (κ1) is 37.1. The van der Waals surface area contributed by atoms with Crippen molar-refractivity contribution in [3.63, 3.8) is 0 Å². The molecular formula is C30H52N4O9. The molecule has 0 radical (unpaired) electrons. The number of esters is 1. The van der Waals surface area contributed by atoms with Crippen LogP contribution in [0.25, 0.3) is 10.4 Å². The van der Waals surface area contributed by atoms with Gasteiger partial charge in [0, 0.05) is 35.5 Å². The second-order valence-corrected chi connectivity index (χ2v) is 12.9. The summed E-state index contributed by atoms with van der Waals surface area (Å²) in [5.41, 5.74) is 6.02. The monoisotopic (exact) mass is 612 g/mol. The molecule has 2 aliphatic rings. The van der Waals surface area contributed by atoms with Crippen LogP contribution in [0.3, 0.4) is 0 Å². The van der Waals surface area contributed by atoms with Crippen LogP contribution in [-0.2, 0) is 28.5 Å². The van der Waals surface area contributed by atoms with Crippen molar-refractivity contribution >= 4 is 11.8 Å². The van der Waals surface area contributed by atoms with E-state index in [1.165, 1.54) is 27.0 Å². The molecule has 0 aromatic carbocycles. The van der Waals surface area contributed by atoms with E-state index in [1.807, 2.05) is 25.9 Å². The van der Waals surface area contributed by atoms with Crippen molar-refractivity contribution in [3.05, 3.63) is 22.1 Å². The smallest absolute Gasteiger partial charge is 0.311 e. The molecule has 2 aliphatic heterocycles. The van der Waals surface area contributed by atoms with Crippen molar-refractivity contribution in [1.29, 1.82) is 0 Å². The molecule has 1 fully saturated rings. The van der Waals surface area contributed by atoms with E-state index in [-0.39, 0.29) is 37.1 Å². The van der Waals surface area contributed by atoms with E-state index >= 15 is 0 Å². The number of azide groups is 1. The first-order chi connectivity index (χ1) is 19.9. The number of rotatable bonds is 7. The first-order valence-electron chi connectivity index (χ1n) is 15.0. The summed E-state index contributed by atoms with van der Waals surface area (Å²) >= 11 is 0. The van der Waals surface area contributed by atoms with Crippen LogP contribution >= 0.6 is 0 Å². The third-order valence-electron chi connectivity index (χ3n) is 9.05. The van der Waals surface area contributed by atoms with E-state index in [1.54, 1.807) is 27.7 Å². The van der Waals surface area contributed by atoms with Gasteiger partial charge in [-0.15, -0.1) is 0 Å². The van der Waals surface area contributed by atoms with Crippen molar-refractivity contribution < 1.29 is 43.9 Å². The van der Waals surface area contributed by atoms with E-state index in [4.69, 9.17) is 24.5 Å². The van der Waals surface area contributed by atoms with Crippen LogP contribution in [0.15, 0.2) is 16.8 Å². The van der Waals surface area contributed by atoms with Crippen molar-refractivity contribution in [2.75, 3.05) is 27.7 Å². The molecule has 3 N–H and O–H groups in total. The molecule has 0 aromatic rings. The standard InChI is InChI=1S/C30H52N4O9/c1-11-22-29(6,39)14-20(15-32-33-31)23(35)16(2)13-30(7,40-10)26(18(4)24(36)19(5)27(38)42-22)43-28-25(37)21(34(8)9)12-17(3)41-28/h14,16-19,21-22,24-26,28,36-37,39H,11-13,15H2,1-10H3/t16-,17-,18+,19-,21+,22-,24+,25-,26-,28?,29+,30+/m1/s1. The third-order valence-corrected chi connectivity index (χ3v) is 9.05. The lowest BCUT2D eigenvalue weighted by Gasteiger charge is -2.47. The summed E-state index contributed by atoms with van der Waals surface area (Å²) in [5, 5.41) is 37.7. The second-order valence-electron chi connectivity index (χ2n) is 12.9. The maximum Gasteiger partial charge on any atom is 0.311 e. The molecule has 1 unspecified atom stereocenters. The molecule has 2 heterocycles. The van der Waals surface area contributed by atoms with E-state index in [0.717, 1.165) is 0 Å². The summed E-state index contributed by atoms with van der Waals surface area (Å²) in [5.74, 6) is -3.68. The maximum absolute atomic E-state index is 13.8. The number of hydrogen-bond donors (Lipinski definition) is 3. The highest BCUT2D eigenvalue weighted by molar-refractivity contribution is 5.97. The highest BCUT2D eigenvalue weighted by Crippen LogP contribution is 2.38. The molecule has 0 saturated carbocycles. The Kier molecular flexibility index (Phi) is 13.2. The number of aliphatic hydroxyl groups excluding tert-OH is 2. The first-order valence-corrected chi connectivity index (χ1v) is 15.0. The fraction of sp³-hybridized carbons (Fsp3) is 0.867. The molecule has 2 rings (SSSR count). The fourth-order valence-corrected chi connectivity index (χ4v) is 6.34. The Labute approximate surface area is 255 Å². The SMILES string of the molecule is CC[C@H]1OC(=O)[C@H](C)[C@@H](O)[C@H](C)[C@@H](OC2O[C@H](C)C[C@H](N(C)C)[C@H]2O)[C@@](C)(OC)C[C@@H](C)C(=O)C(CN=[N+]=[N-])=C[C@]1(C)O. The van der Waals surface area contributed by atoms with Gasteiger partial charge in [0.2, 0.25) is 0 Å². The Morgan fingerprint density at radius 3 is 2.33 bits per heavy atom. The molecule has 246 valence electrons. The number of aliphatic hydroxyl groups is 3. The van der Waals surface area contributed by atoms with Gasteiger partial charge in [0.05, 0.1) is 36.4 Å². The van der Waals surface area contributed by atoms with Crippen LogP contribution in [0.5, 0.6) is 0 Å². The zero-order valence-corrected chi connectivity index (χ0v) is 27.3. The van der Waals surface area contributed by atoms with E-state index in [9.17, 15) is 24.9 Å². The van der Waals surface area contributed by atoms with Crippen LogP contribution < -0.4 is 0 Å². The highest BCUT2D eigenvalue weighted by Gasteiger charge is 2.49. The van der Waals surface area contributed by atoms with Crippen LogP contribution in [0.2, 0.25) is 0 Å². The van der Waals surface area contributed by atoms with Crippen molar-refractivity contribution in [1.82, 2.24) is 4.90 Å². The van der Waals surface area contributed by atoms with Gasteiger partial charge in [-0.2, -0.15) is 0 Å². The predicted octanol–water partition coefficient (Wildman–Crippen LogP) is 2.75. The number of nitrogens with zero attached hydrogens (tertiary/aromatic N) is 4. The lowest BCUT2D eigenvalue weighted by molar-refractivity contribution is -0.301. The number of ketones is 1. The van der Waals surface area contributed by atoms with Gasteiger partial charge in [-0.05, 0) is 72.7 Å². The molecule has 13 nitrogen and oxygen atoms in total. The quantitative estimate of drug-likeness (QED) is 0.167. The van der Waals surface area contributed by atoms with Gasteiger partial charge in [0.15, 0.2) is 12.1 Å². The predicted molar refractivity (Wildman–Crippen MR) is 159 cm³/mol. The molecule has 0 amide bonds. The summed E-state index contributed by atoms with van der Waals surface area (Å²) in [7, 11) is 5.18. The molecule has 0 spiro atoms. The lowest BCUT2D eigenvalue weighted by atomic mass is 9.76. The molecule has 43 heavy (non-hydrogen) atoms. The van der Waals surface area contributed by atoms with Crippen molar-refractivity contribution in [2.45, 2.75) is 122 Å². The van der Waals surface area contributed by atoms with Gasteiger partial charge in [-0.25, -0.2) is 0 Å². The number of carbonyl (C=O) groups excluding carboxylic acids is 2. The number of Topliss-reactive ketones (excluding diaryl/α,β-unsaturated/α-hetero) is 1. The number of ether oxygens (including phenoxy) is 4. The minimum Gasteiger partial charge on any atom is -0.459 e. The normalized spacial score (nSPS) is 42.0. The number of cyclic esters (lactones) is 1. The number of likely N-dealkylation sites (N-methyl/N-ethyl adjacent to an activating group) is 1. The zero-order valence-electron chi connectivity index (χ0n) is 27.3. The molecule has 1 saturated heterocycles. The zero-order chi connectivity index (χ0) is 32.9. The number of carbonyl (C=O) groups is 2. The number of methoxy groups -OCH3 is 1. The highest BCUT2D eigenvalue weighted by atomic mass is 16.7. The Morgan fingerprint density at radius 2 is 1.79 bits per heavy atom. The Bertz CT molecular complexity index is 1050. The average molecular weight is 613 g/mol. The van der Waals surface area contributed by atoms with Gasteiger partial charge in [-0.1, -0.05) is 25.9 Å². The molecule has 13 heteroatoms. The molecular weight excluding hydrogens is 560 g/mol. The lowest BCUT2D eigenvalue weighted by Crippen LogP contribution is -2.59. The Morgan fingerprint density at radius 1 is 1.16 bits per heavy atom. The summed E-state index contributed by atoms with van der Waals surface area (Å²) < 4.78 is 24.3. The summed E-state index contributed by atoms with van der Waals surface area (Å²) in [6.07, 6.45) is -3.51. The topological polar surface area (TPSA) is 184 Å². The fourth-order valence-electron chi connectivity index (χ4n) is 6.34. The van der Waals surface area contributed by atoms with Crippen LogP contribution in [-0.4, -0.2) is 114 Å². The maximum atomic E-state index is 13.8. The molecule has 0 bridgehead atoms. The van der Waals surface area contributed by atoms with Gasteiger partial charge in [0.1, 0.15) is 17.8 Å². The Hall–Kier alpha value is -2.09. The third kappa shape index (κ3) is 8.76. The van der Waals surface area contributed by atoms with Gasteiger partial charge < -0.3 is 39.2 Å². The number of hydrogen-bond acceptors (Lipinski definition) is 11. The van der Waals surface area contributed by atoms with E-state index < -0.39 is 71.4 Å². The van der Waals surface area contributed by atoms with Crippen molar-refractivity contribution in [3.8, 4) is 0 Å². The molecule has 12 atom stereocenters. The summed E-state index contributed by atoms with van der Waals surface area (Å²) in [6.45, 7) is 11.4. The average Bonchev–Trinajstić information content (AvgIpc) is 2.95. The molecule has 0 aromatic heterocycles. The largest absolute Gasteiger partial charge is 0.459 e. The Balaban J connectivity index is 2.68. The van der Waals surface area contributed by atoms with Crippen LogP contribution in [0.1, 0.15) is 67.7 Å². The van der Waals surface area contributed by atoms with Crippen LogP contribution in [0.4, 0.5) is 0 Å².